The maximum Gasteiger partial charge on any atom is 0.223 e. The van der Waals surface area contributed by atoms with Crippen molar-refractivity contribution in [3.8, 4) is 0 Å². The van der Waals surface area contributed by atoms with E-state index in [1.807, 2.05) is 27.0 Å². The fraction of sp³-hybridized carbons (Fsp3) is 0.333. The Morgan fingerprint density at radius 1 is 1.31 bits per heavy atom. The largest absolute Gasteiger partial charge is 0.345 e. The van der Waals surface area contributed by atoms with Gasteiger partial charge < -0.3 is 4.57 Å². The van der Waals surface area contributed by atoms with E-state index in [-0.39, 0.29) is 0 Å². The highest BCUT2D eigenvalue weighted by molar-refractivity contribution is 6.28. The van der Waals surface area contributed by atoms with Crippen molar-refractivity contribution in [2.75, 3.05) is 0 Å². The molecular formula is C9H10ClN3. The zero-order chi connectivity index (χ0) is 9.59. The first-order valence-corrected chi connectivity index (χ1v) is 4.43. The van der Waals surface area contributed by atoms with Crippen LogP contribution in [0.4, 0.5) is 0 Å². The third-order valence-corrected chi connectivity index (χ3v) is 2.44. The Kier molecular flexibility index (Phi) is 1.77. The molecule has 2 aromatic heterocycles. The maximum atomic E-state index is 5.75. The molecular weight excluding hydrogens is 186 g/mol. The van der Waals surface area contributed by atoms with Crippen LogP contribution in [0, 0.1) is 13.8 Å². The monoisotopic (exact) mass is 195 g/mol. The Labute approximate surface area is 81.4 Å². The molecule has 0 aliphatic carbocycles. The summed E-state index contributed by atoms with van der Waals surface area (Å²) >= 11 is 5.75. The predicted octanol–water partition coefficient (Wildman–Crippen LogP) is 2.24. The van der Waals surface area contributed by atoms with Gasteiger partial charge in [-0.05, 0) is 31.5 Å². The molecule has 0 saturated carbocycles. The van der Waals surface area contributed by atoms with Gasteiger partial charge in [0.25, 0.3) is 0 Å². The molecule has 0 bridgehead atoms. The molecule has 2 rings (SSSR count). The maximum absolute atomic E-state index is 5.75. The van der Waals surface area contributed by atoms with Crippen molar-refractivity contribution in [1.82, 2.24) is 14.5 Å². The molecule has 0 unspecified atom stereocenters. The fourth-order valence-electron chi connectivity index (χ4n) is 1.54. The number of nitrogens with zero attached hydrogens (tertiary/aromatic N) is 3. The van der Waals surface area contributed by atoms with Crippen molar-refractivity contribution in [3.63, 3.8) is 0 Å². The van der Waals surface area contributed by atoms with Gasteiger partial charge in [0, 0.05) is 12.7 Å². The summed E-state index contributed by atoms with van der Waals surface area (Å²) in [5.41, 5.74) is 4.06. The molecule has 0 amide bonds. The summed E-state index contributed by atoms with van der Waals surface area (Å²) in [6, 6.07) is 2.01. The Morgan fingerprint density at radius 2 is 2.00 bits per heavy atom. The van der Waals surface area contributed by atoms with Gasteiger partial charge in [0.1, 0.15) is 0 Å². The highest BCUT2D eigenvalue weighted by atomic mass is 35.5. The van der Waals surface area contributed by atoms with E-state index in [1.54, 1.807) is 0 Å². The molecule has 0 atom stereocenters. The highest BCUT2D eigenvalue weighted by Crippen LogP contribution is 2.20. The Balaban J connectivity index is 2.94. The van der Waals surface area contributed by atoms with Crippen LogP contribution >= 0.6 is 11.6 Å². The van der Waals surface area contributed by atoms with Crippen molar-refractivity contribution in [1.29, 1.82) is 0 Å². The number of aromatic nitrogens is 3. The average Bonchev–Trinajstić information content (AvgIpc) is 2.27. The lowest BCUT2D eigenvalue weighted by molar-refractivity contribution is 0.907. The summed E-state index contributed by atoms with van der Waals surface area (Å²) in [6.07, 6.45) is 0. The Bertz CT molecular complexity index is 473. The van der Waals surface area contributed by atoms with Crippen LogP contribution in [0.15, 0.2) is 6.07 Å². The van der Waals surface area contributed by atoms with Gasteiger partial charge in [-0.1, -0.05) is 0 Å². The molecule has 0 spiro atoms. The van der Waals surface area contributed by atoms with Crippen molar-refractivity contribution in [2.24, 2.45) is 7.05 Å². The SMILES string of the molecule is Cc1nc(Cl)nc2cc(C)n(C)c12. The smallest absolute Gasteiger partial charge is 0.223 e. The normalized spacial score (nSPS) is 11.1. The molecule has 0 aliphatic heterocycles. The third kappa shape index (κ3) is 1.20. The van der Waals surface area contributed by atoms with Crippen molar-refractivity contribution in [2.45, 2.75) is 13.8 Å². The van der Waals surface area contributed by atoms with Crippen LogP contribution in [-0.4, -0.2) is 14.5 Å². The predicted molar refractivity (Wildman–Crippen MR) is 53.0 cm³/mol. The average molecular weight is 196 g/mol. The second-order valence-corrected chi connectivity index (χ2v) is 3.49. The van der Waals surface area contributed by atoms with E-state index in [4.69, 9.17) is 11.6 Å². The molecule has 2 heterocycles. The van der Waals surface area contributed by atoms with Gasteiger partial charge in [-0.15, -0.1) is 0 Å². The molecule has 0 fully saturated rings. The van der Waals surface area contributed by atoms with E-state index in [2.05, 4.69) is 14.5 Å². The first-order valence-electron chi connectivity index (χ1n) is 4.06. The lowest BCUT2D eigenvalue weighted by Crippen LogP contribution is -1.95. The van der Waals surface area contributed by atoms with Crippen molar-refractivity contribution >= 4 is 22.6 Å². The van der Waals surface area contributed by atoms with E-state index in [1.165, 1.54) is 0 Å². The van der Waals surface area contributed by atoms with Gasteiger partial charge in [0.05, 0.1) is 16.7 Å². The number of hydrogen-bond acceptors (Lipinski definition) is 2. The molecule has 0 saturated heterocycles. The van der Waals surface area contributed by atoms with Crippen LogP contribution < -0.4 is 0 Å². The van der Waals surface area contributed by atoms with Crippen LogP contribution in [0.25, 0.3) is 11.0 Å². The summed E-state index contributed by atoms with van der Waals surface area (Å²) in [6.45, 7) is 3.98. The van der Waals surface area contributed by atoms with Gasteiger partial charge in [0.2, 0.25) is 5.28 Å². The molecule has 0 aromatic carbocycles. The first kappa shape index (κ1) is 8.51. The zero-order valence-corrected chi connectivity index (χ0v) is 8.55. The lowest BCUT2D eigenvalue weighted by atomic mass is 10.3. The summed E-state index contributed by atoms with van der Waals surface area (Å²) in [5.74, 6) is 0. The summed E-state index contributed by atoms with van der Waals surface area (Å²) in [7, 11) is 2.00. The van der Waals surface area contributed by atoms with Crippen LogP contribution in [-0.2, 0) is 7.05 Å². The number of rotatable bonds is 0. The fourth-order valence-corrected chi connectivity index (χ4v) is 1.76. The van der Waals surface area contributed by atoms with Crippen LogP contribution in [0.2, 0.25) is 5.28 Å². The highest BCUT2D eigenvalue weighted by Gasteiger charge is 2.08. The second-order valence-electron chi connectivity index (χ2n) is 3.16. The minimum absolute atomic E-state index is 0.315. The third-order valence-electron chi connectivity index (χ3n) is 2.27. The van der Waals surface area contributed by atoms with Crippen LogP contribution in [0.5, 0.6) is 0 Å². The first-order chi connectivity index (χ1) is 6.09. The molecule has 68 valence electrons. The Morgan fingerprint density at radius 3 is 2.69 bits per heavy atom. The number of aryl methyl sites for hydroxylation is 3. The molecule has 0 radical (unpaired) electrons. The molecule has 3 nitrogen and oxygen atoms in total. The van der Waals surface area contributed by atoms with Gasteiger partial charge >= 0.3 is 0 Å². The van der Waals surface area contributed by atoms with E-state index < -0.39 is 0 Å². The van der Waals surface area contributed by atoms with Crippen LogP contribution in [0.1, 0.15) is 11.4 Å². The number of fused-ring (bicyclic) bond motifs is 1. The van der Waals surface area contributed by atoms with Gasteiger partial charge in [-0.3, -0.25) is 0 Å². The summed E-state index contributed by atoms with van der Waals surface area (Å²) in [4.78, 5) is 8.26. The quantitative estimate of drug-likeness (QED) is 0.604. The van der Waals surface area contributed by atoms with Crippen molar-refractivity contribution in [3.05, 3.63) is 22.7 Å². The number of halogens is 1. The van der Waals surface area contributed by atoms with E-state index >= 15 is 0 Å². The lowest BCUT2D eigenvalue weighted by Gasteiger charge is -2.01. The van der Waals surface area contributed by atoms with Gasteiger partial charge in [-0.2, -0.15) is 0 Å². The minimum Gasteiger partial charge on any atom is -0.345 e. The molecule has 13 heavy (non-hydrogen) atoms. The second kappa shape index (κ2) is 2.70. The zero-order valence-electron chi connectivity index (χ0n) is 7.80. The standard InChI is InChI=1S/C9H10ClN3/c1-5-4-7-8(13(5)3)6(2)11-9(10)12-7/h4H,1-3H3. The summed E-state index contributed by atoms with van der Waals surface area (Å²) in [5, 5.41) is 0.315. The van der Waals surface area contributed by atoms with Gasteiger partial charge in [0.15, 0.2) is 0 Å². The van der Waals surface area contributed by atoms with E-state index in [0.717, 1.165) is 22.4 Å². The topological polar surface area (TPSA) is 30.7 Å². The van der Waals surface area contributed by atoms with Crippen molar-refractivity contribution < 1.29 is 0 Å². The van der Waals surface area contributed by atoms with E-state index in [9.17, 15) is 0 Å². The minimum atomic E-state index is 0.315. The number of hydrogen-bond donors (Lipinski definition) is 0. The summed E-state index contributed by atoms with van der Waals surface area (Å²) < 4.78 is 2.07. The molecule has 2 aromatic rings. The van der Waals surface area contributed by atoms with E-state index in [0.29, 0.717) is 5.28 Å². The molecule has 4 heteroatoms. The molecule has 0 aliphatic rings. The Hall–Kier alpha value is -1.09. The van der Waals surface area contributed by atoms with Gasteiger partial charge in [-0.25, -0.2) is 9.97 Å². The van der Waals surface area contributed by atoms with Crippen LogP contribution in [0.3, 0.4) is 0 Å². The molecule has 0 N–H and O–H groups in total.